The maximum absolute atomic E-state index is 13.5. The van der Waals surface area contributed by atoms with Crippen molar-refractivity contribution in [1.29, 1.82) is 0 Å². The molecular formula is C24H25BrN4O4. The summed E-state index contributed by atoms with van der Waals surface area (Å²) in [5.74, 6) is 1.30. The fraction of sp³-hybridized carbons (Fsp3) is 0.250. The maximum Gasteiger partial charge on any atom is 0.249 e. The molecule has 0 aliphatic rings. The molecule has 2 heterocycles. The Kier molecular flexibility index (Phi) is 6.60. The summed E-state index contributed by atoms with van der Waals surface area (Å²) in [6.45, 7) is 0.456. The first kappa shape index (κ1) is 22.7. The summed E-state index contributed by atoms with van der Waals surface area (Å²) in [6.07, 6.45) is 5.46. The molecule has 8 nitrogen and oxygen atoms in total. The molecular weight excluding hydrogens is 488 g/mol. The molecule has 0 atom stereocenters. The number of halogens is 1. The van der Waals surface area contributed by atoms with Gasteiger partial charge in [0, 0.05) is 53.1 Å². The molecule has 0 spiro atoms. The largest absolute Gasteiger partial charge is 0.493 e. The highest BCUT2D eigenvalue weighted by atomic mass is 79.9. The van der Waals surface area contributed by atoms with Gasteiger partial charge in [0.25, 0.3) is 0 Å². The van der Waals surface area contributed by atoms with E-state index in [1.165, 1.54) is 0 Å². The van der Waals surface area contributed by atoms with Crippen molar-refractivity contribution in [3.63, 3.8) is 0 Å². The van der Waals surface area contributed by atoms with Crippen LogP contribution in [0.5, 0.6) is 17.2 Å². The molecule has 0 fully saturated rings. The molecule has 0 saturated carbocycles. The lowest BCUT2D eigenvalue weighted by atomic mass is 10.1. The van der Waals surface area contributed by atoms with Gasteiger partial charge in [0.05, 0.1) is 33.6 Å². The van der Waals surface area contributed by atoms with Gasteiger partial charge in [-0.1, -0.05) is 22.0 Å². The molecule has 2 aromatic carbocycles. The molecule has 0 radical (unpaired) electrons. The highest BCUT2D eigenvalue weighted by Gasteiger charge is 2.23. The van der Waals surface area contributed by atoms with Gasteiger partial charge < -0.3 is 23.7 Å². The van der Waals surface area contributed by atoms with Crippen LogP contribution < -0.4 is 19.1 Å². The maximum atomic E-state index is 13.5. The summed E-state index contributed by atoms with van der Waals surface area (Å²) < 4.78 is 21.2. The second-order valence-corrected chi connectivity index (χ2v) is 8.41. The third-order valence-corrected chi connectivity index (χ3v) is 5.98. The smallest absolute Gasteiger partial charge is 0.249 e. The fourth-order valence-electron chi connectivity index (χ4n) is 3.90. The van der Waals surface area contributed by atoms with Crippen molar-refractivity contribution < 1.29 is 19.0 Å². The molecule has 33 heavy (non-hydrogen) atoms. The number of carbonyl (C=O) groups excluding carboxylic acids is 1. The Hall–Kier alpha value is -3.46. The first-order chi connectivity index (χ1) is 15.9. The topological polar surface area (TPSA) is 70.8 Å². The van der Waals surface area contributed by atoms with Crippen LogP contribution in [0.4, 0.5) is 5.69 Å². The standard InChI is InChI=1S/C24H25BrN4O4/c1-27-13-16(19-7-6-17(25)10-20(19)27)14-29(23(30)15-28-9-5-8-26-28)18-11-21(31-2)24(33-4)22(12-18)32-3/h5-13H,14-15H2,1-4H3. The Balaban J connectivity index is 1.80. The van der Waals surface area contributed by atoms with Gasteiger partial charge in [0.15, 0.2) is 11.5 Å². The van der Waals surface area contributed by atoms with E-state index in [4.69, 9.17) is 14.2 Å². The number of rotatable bonds is 8. The third kappa shape index (κ3) is 4.54. The fourth-order valence-corrected chi connectivity index (χ4v) is 4.25. The van der Waals surface area contributed by atoms with Crippen molar-refractivity contribution in [1.82, 2.24) is 14.3 Å². The Morgan fingerprint density at radius 3 is 2.42 bits per heavy atom. The predicted molar refractivity (Wildman–Crippen MR) is 130 cm³/mol. The van der Waals surface area contributed by atoms with Gasteiger partial charge in [0.2, 0.25) is 11.7 Å². The van der Waals surface area contributed by atoms with E-state index < -0.39 is 0 Å². The number of nitrogens with zero attached hydrogens (tertiary/aromatic N) is 4. The van der Waals surface area contributed by atoms with Crippen molar-refractivity contribution in [3.8, 4) is 17.2 Å². The van der Waals surface area contributed by atoms with Crippen LogP contribution in [-0.2, 0) is 24.9 Å². The van der Waals surface area contributed by atoms with Gasteiger partial charge in [-0.25, -0.2) is 0 Å². The van der Waals surface area contributed by atoms with Crippen LogP contribution in [-0.4, -0.2) is 41.6 Å². The van der Waals surface area contributed by atoms with Gasteiger partial charge in [-0.15, -0.1) is 0 Å². The predicted octanol–water partition coefficient (Wildman–Crippen LogP) is 4.40. The Bertz CT molecular complexity index is 1260. The summed E-state index contributed by atoms with van der Waals surface area (Å²) in [7, 11) is 6.65. The molecule has 0 saturated heterocycles. The molecule has 172 valence electrons. The monoisotopic (exact) mass is 512 g/mol. The zero-order valence-electron chi connectivity index (χ0n) is 18.9. The molecule has 4 aromatic rings. The van der Waals surface area contributed by atoms with E-state index in [1.807, 2.05) is 19.3 Å². The average molecular weight is 513 g/mol. The van der Waals surface area contributed by atoms with Crippen LogP contribution in [0.2, 0.25) is 0 Å². The molecule has 0 aliphatic heterocycles. The van der Waals surface area contributed by atoms with Crippen LogP contribution in [0.1, 0.15) is 5.56 Å². The van der Waals surface area contributed by atoms with Crippen molar-refractivity contribution in [2.75, 3.05) is 26.2 Å². The van der Waals surface area contributed by atoms with E-state index in [-0.39, 0.29) is 12.5 Å². The number of benzene rings is 2. The van der Waals surface area contributed by atoms with Gasteiger partial charge >= 0.3 is 0 Å². The van der Waals surface area contributed by atoms with Crippen LogP contribution in [0.25, 0.3) is 10.9 Å². The lowest BCUT2D eigenvalue weighted by Gasteiger charge is -2.25. The van der Waals surface area contributed by atoms with E-state index >= 15 is 0 Å². The van der Waals surface area contributed by atoms with Crippen molar-refractivity contribution >= 4 is 38.4 Å². The number of ether oxygens (including phenoxy) is 3. The number of aryl methyl sites for hydroxylation is 1. The van der Waals surface area contributed by atoms with E-state index in [0.29, 0.717) is 29.5 Å². The lowest BCUT2D eigenvalue weighted by Crippen LogP contribution is -2.33. The molecule has 0 aliphatic carbocycles. The number of fused-ring (bicyclic) bond motifs is 1. The number of carbonyl (C=O) groups is 1. The molecule has 9 heteroatoms. The summed E-state index contributed by atoms with van der Waals surface area (Å²) >= 11 is 3.54. The van der Waals surface area contributed by atoms with Crippen LogP contribution in [0.3, 0.4) is 0 Å². The Labute approximate surface area is 200 Å². The van der Waals surface area contributed by atoms with Crippen molar-refractivity contribution in [2.45, 2.75) is 13.1 Å². The number of hydrogen-bond acceptors (Lipinski definition) is 5. The SMILES string of the molecule is COc1cc(N(Cc2cn(C)c3cc(Br)ccc23)C(=O)Cn2cccn2)cc(OC)c1OC. The first-order valence-corrected chi connectivity index (χ1v) is 11.1. The number of aromatic nitrogens is 3. The lowest BCUT2D eigenvalue weighted by molar-refractivity contribution is -0.119. The van der Waals surface area contributed by atoms with Gasteiger partial charge in [-0.2, -0.15) is 5.10 Å². The quantitative estimate of drug-likeness (QED) is 0.350. The number of anilines is 1. The molecule has 2 aromatic heterocycles. The van der Waals surface area contributed by atoms with E-state index in [2.05, 4.69) is 37.7 Å². The van der Waals surface area contributed by atoms with E-state index in [9.17, 15) is 4.79 Å². The van der Waals surface area contributed by atoms with Crippen LogP contribution >= 0.6 is 15.9 Å². The minimum Gasteiger partial charge on any atom is -0.493 e. The van der Waals surface area contributed by atoms with Crippen LogP contribution in [0.15, 0.2) is 59.5 Å². The molecule has 0 bridgehead atoms. The first-order valence-electron chi connectivity index (χ1n) is 10.3. The molecule has 1 amide bonds. The molecule has 4 rings (SSSR count). The van der Waals surface area contributed by atoms with Gasteiger partial charge in [-0.05, 0) is 23.8 Å². The van der Waals surface area contributed by atoms with E-state index in [0.717, 1.165) is 20.9 Å². The third-order valence-electron chi connectivity index (χ3n) is 5.48. The normalized spacial score (nSPS) is 10.9. The molecule has 0 N–H and O–H groups in total. The zero-order valence-corrected chi connectivity index (χ0v) is 20.5. The highest BCUT2D eigenvalue weighted by Crippen LogP contribution is 2.41. The minimum absolute atomic E-state index is 0.0972. The second kappa shape index (κ2) is 9.58. The van der Waals surface area contributed by atoms with Crippen LogP contribution in [0, 0.1) is 0 Å². The average Bonchev–Trinajstić information content (AvgIpc) is 3.43. The summed E-state index contributed by atoms with van der Waals surface area (Å²) in [4.78, 5) is 15.2. The second-order valence-electron chi connectivity index (χ2n) is 7.49. The minimum atomic E-state index is -0.123. The summed E-state index contributed by atoms with van der Waals surface area (Å²) in [5.41, 5.74) is 2.72. The van der Waals surface area contributed by atoms with Crippen molar-refractivity contribution in [3.05, 3.63) is 65.0 Å². The molecule has 0 unspecified atom stereocenters. The Morgan fingerprint density at radius 2 is 1.82 bits per heavy atom. The summed E-state index contributed by atoms with van der Waals surface area (Å²) in [5, 5.41) is 5.26. The Morgan fingerprint density at radius 1 is 1.09 bits per heavy atom. The highest BCUT2D eigenvalue weighted by molar-refractivity contribution is 9.10. The number of hydrogen-bond donors (Lipinski definition) is 0. The number of methoxy groups -OCH3 is 3. The van der Waals surface area contributed by atoms with E-state index in [1.54, 1.807) is 61.5 Å². The summed E-state index contributed by atoms with van der Waals surface area (Å²) in [6, 6.07) is 11.5. The van der Waals surface area contributed by atoms with Crippen molar-refractivity contribution in [2.24, 2.45) is 7.05 Å². The number of amides is 1. The van der Waals surface area contributed by atoms with Gasteiger partial charge in [0.1, 0.15) is 6.54 Å². The van der Waals surface area contributed by atoms with Gasteiger partial charge in [-0.3, -0.25) is 9.48 Å². The zero-order chi connectivity index (χ0) is 23.5.